The van der Waals surface area contributed by atoms with Gasteiger partial charge < -0.3 is 4.90 Å². The molecule has 3 rings (SSSR count). The van der Waals surface area contributed by atoms with Gasteiger partial charge in [0.25, 0.3) is 10.0 Å². The molecule has 2 aliphatic rings. The van der Waals surface area contributed by atoms with Crippen molar-refractivity contribution in [1.82, 2.24) is 9.62 Å². The Bertz CT molecular complexity index is 792. The van der Waals surface area contributed by atoms with Crippen LogP contribution in [0, 0.1) is 0 Å². The molecule has 0 bridgehead atoms. The van der Waals surface area contributed by atoms with Crippen LogP contribution in [0.5, 0.6) is 0 Å². The fourth-order valence-electron chi connectivity index (χ4n) is 2.97. The van der Waals surface area contributed by atoms with Crippen molar-refractivity contribution in [2.75, 3.05) is 6.54 Å². The molecular formula is C18H22N2O3S. The van der Waals surface area contributed by atoms with E-state index in [0.717, 1.165) is 12.0 Å². The monoisotopic (exact) mass is 346 g/mol. The molecule has 2 aliphatic heterocycles. The third-order valence-electron chi connectivity index (χ3n) is 4.48. The van der Waals surface area contributed by atoms with Crippen LogP contribution in [0.15, 0.2) is 53.2 Å². The highest BCUT2D eigenvalue weighted by molar-refractivity contribution is 7.89. The highest BCUT2D eigenvalue weighted by Crippen LogP contribution is 2.24. The van der Waals surface area contributed by atoms with Crippen molar-refractivity contribution in [3.63, 3.8) is 0 Å². The van der Waals surface area contributed by atoms with E-state index in [0.29, 0.717) is 18.9 Å². The summed E-state index contributed by atoms with van der Waals surface area (Å²) in [7, 11) is -3.76. The van der Waals surface area contributed by atoms with Gasteiger partial charge in [0, 0.05) is 25.2 Å². The van der Waals surface area contributed by atoms with E-state index in [1.165, 1.54) is 0 Å². The van der Waals surface area contributed by atoms with E-state index < -0.39 is 10.0 Å². The van der Waals surface area contributed by atoms with Gasteiger partial charge in [0.2, 0.25) is 0 Å². The zero-order chi connectivity index (χ0) is 17.3. The first kappa shape index (κ1) is 16.8. The fraction of sp³-hybridized carbons (Fsp3) is 0.389. The summed E-state index contributed by atoms with van der Waals surface area (Å²) in [5.74, 6) is 0.176. The van der Waals surface area contributed by atoms with Crippen LogP contribution in [0.1, 0.15) is 38.2 Å². The second kappa shape index (κ2) is 6.43. The minimum Gasteiger partial charge on any atom is -0.368 e. The average molecular weight is 346 g/mol. The third kappa shape index (κ3) is 3.38. The first-order chi connectivity index (χ1) is 11.4. The van der Waals surface area contributed by atoms with Crippen LogP contribution >= 0.6 is 0 Å². The second-order valence-corrected chi connectivity index (χ2v) is 8.24. The SMILES string of the molecule is CC(C)c1ccc(S(=O)(=O)NC2=CN3CC=CCC3CC2=O)cc1. The van der Waals surface area contributed by atoms with Gasteiger partial charge in [0.1, 0.15) is 5.70 Å². The van der Waals surface area contributed by atoms with Crippen LogP contribution < -0.4 is 4.72 Å². The normalized spacial score (nSPS) is 20.8. The minimum atomic E-state index is -3.76. The van der Waals surface area contributed by atoms with Gasteiger partial charge in [-0.15, -0.1) is 0 Å². The zero-order valence-corrected chi connectivity index (χ0v) is 14.7. The molecule has 0 amide bonds. The van der Waals surface area contributed by atoms with Crippen molar-refractivity contribution in [3.8, 4) is 0 Å². The number of fused-ring (bicyclic) bond motifs is 1. The van der Waals surface area contributed by atoms with Crippen molar-refractivity contribution in [2.45, 2.75) is 43.5 Å². The van der Waals surface area contributed by atoms with Crippen LogP contribution in [0.2, 0.25) is 0 Å². The number of hydrogen-bond acceptors (Lipinski definition) is 4. The molecule has 6 heteroatoms. The molecule has 24 heavy (non-hydrogen) atoms. The Morgan fingerprint density at radius 3 is 2.54 bits per heavy atom. The maximum Gasteiger partial charge on any atom is 0.262 e. The number of Topliss-reactive ketones (excluding diaryl/α,β-unsaturated/α-hetero) is 1. The van der Waals surface area contributed by atoms with E-state index in [1.54, 1.807) is 18.3 Å². The number of carbonyl (C=O) groups is 1. The Labute approximate surface area is 143 Å². The maximum atomic E-state index is 12.6. The van der Waals surface area contributed by atoms with Crippen molar-refractivity contribution in [3.05, 3.63) is 53.9 Å². The average Bonchev–Trinajstić information content (AvgIpc) is 2.55. The van der Waals surface area contributed by atoms with E-state index >= 15 is 0 Å². The van der Waals surface area contributed by atoms with Gasteiger partial charge >= 0.3 is 0 Å². The predicted octanol–water partition coefficient (Wildman–Crippen LogP) is 2.53. The molecule has 0 radical (unpaired) electrons. The molecule has 0 spiro atoms. The summed E-state index contributed by atoms with van der Waals surface area (Å²) in [5.41, 5.74) is 1.22. The summed E-state index contributed by atoms with van der Waals surface area (Å²) in [6, 6.07) is 6.92. The van der Waals surface area contributed by atoms with Gasteiger partial charge in [-0.1, -0.05) is 38.1 Å². The van der Waals surface area contributed by atoms with Gasteiger partial charge in [-0.2, -0.15) is 0 Å². The third-order valence-corrected chi connectivity index (χ3v) is 5.86. The highest BCUT2D eigenvalue weighted by Gasteiger charge is 2.30. The summed E-state index contributed by atoms with van der Waals surface area (Å²) >= 11 is 0. The molecule has 2 heterocycles. The Kier molecular flexibility index (Phi) is 4.49. The number of nitrogens with one attached hydrogen (secondary N) is 1. The number of hydrogen-bond donors (Lipinski definition) is 1. The fourth-order valence-corrected chi connectivity index (χ4v) is 4.04. The molecule has 1 unspecified atom stereocenters. The lowest BCUT2D eigenvalue weighted by atomic mass is 9.98. The van der Waals surface area contributed by atoms with Crippen molar-refractivity contribution in [2.24, 2.45) is 0 Å². The second-order valence-electron chi connectivity index (χ2n) is 6.56. The van der Waals surface area contributed by atoms with Gasteiger partial charge in [0.05, 0.1) is 4.90 Å². The summed E-state index contributed by atoms with van der Waals surface area (Å²) in [4.78, 5) is 14.4. The number of ketones is 1. The molecular weight excluding hydrogens is 324 g/mol. The van der Waals surface area contributed by atoms with E-state index in [2.05, 4.69) is 24.6 Å². The number of benzene rings is 1. The van der Waals surface area contributed by atoms with Crippen LogP contribution in [0.4, 0.5) is 0 Å². The highest BCUT2D eigenvalue weighted by atomic mass is 32.2. The molecule has 0 saturated heterocycles. The Morgan fingerprint density at radius 2 is 1.88 bits per heavy atom. The number of allylic oxidation sites excluding steroid dienone is 1. The first-order valence-corrected chi connectivity index (χ1v) is 9.63. The van der Waals surface area contributed by atoms with Crippen molar-refractivity contribution in [1.29, 1.82) is 0 Å². The molecule has 0 aliphatic carbocycles. The molecule has 0 saturated carbocycles. The molecule has 1 aromatic rings. The van der Waals surface area contributed by atoms with E-state index in [-0.39, 0.29) is 22.4 Å². The van der Waals surface area contributed by atoms with Gasteiger partial charge in [-0.25, -0.2) is 8.42 Å². The molecule has 5 nitrogen and oxygen atoms in total. The lowest BCUT2D eigenvalue weighted by molar-refractivity contribution is -0.117. The summed E-state index contributed by atoms with van der Waals surface area (Å²) in [6.45, 7) is 4.81. The minimum absolute atomic E-state index is 0.140. The van der Waals surface area contributed by atoms with Crippen LogP contribution in [0.3, 0.4) is 0 Å². The van der Waals surface area contributed by atoms with Crippen LogP contribution in [-0.4, -0.2) is 31.7 Å². The number of nitrogens with zero attached hydrogens (tertiary/aromatic N) is 1. The summed E-state index contributed by atoms with van der Waals surface area (Å²) in [6.07, 6.45) is 6.89. The molecule has 1 N–H and O–H groups in total. The summed E-state index contributed by atoms with van der Waals surface area (Å²) < 4.78 is 27.6. The number of carbonyl (C=O) groups excluding carboxylic acids is 1. The van der Waals surface area contributed by atoms with Gasteiger partial charge in [0.15, 0.2) is 5.78 Å². The lowest BCUT2D eigenvalue weighted by Crippen LogP contribution is -2.42. The van der Waals surface area contributed by atoms with Gasteiger partial charge in [-0.05, 0) is 30.0 Å². The van der Waals surface area contributed by atoms with Crippen LogP contribution in [0.25, 0.3) is 0 Å². The molecule has 1 atom stereocenters. The molecule has 1 aromatic carbocycles. The van der Waals surface area contributed by atoms with E-state index in [1.807, 2.05) is 23.1 Å². The van der Waals surface area contributed by atoms with Gasteiger partial charge in [-0.3, -0.25) is 9.52 Å². The number of sulfonamides is 1. The van der Waals surface area contributed by atoms with Crippen molar-refractivity contribution >= 4 is 15.8 Å². The standard InChI is InChI=1S/C18H22N2O3S/c1-13(2)14-6-8-16(9-7-14)24(22,23)19-17-12-20-10-4-3-5-15(20)11-18(17)21/h3-4,6-9,12-13,15,19H,5,10-11H2,1-2H3. The molecule has 0 fully saturated rings. The largest absolute Gasteiger partial charge is 0.368 e. The van der Waals surface area contributed by atoms with E-state index in [4.69, 9.17) is 0 Å². The van der Waals surface area contributed by atoms with Crippen LogP contribution in [-0.2, 0) is 14.8 Å². The Balaban J connectivity index is 1.82. The smallest absolute Gasteiger partial charge is 0.262 e. The van der Waals surface area contributed by atoms with Crippen molar-refractivity contribution < 1.29 is 13.2 Å². The van der Waals surface area contributed by atoms with E-state index in [9.17, 15) is 13.2 Å². The summed E-state index contributed by atoms with van der Waals surface area (Å²) in [5, 5.41) is 0. The Hall–Kier alpha value is -2.08. The predicted molar refractivity (Wildman–Crippen MR) is 92.8 cm³/mol. The molecule has 128 valence electrons. The molecule has 0 aromatic heterocycles. The lowest BCUT2D eigenvalue weighted by Gasteiger charge is -2.35. The number of rotatable bonds is 4. The topological polar surface area (TPSA) is 66.5 Å². The quantitative estimate of drug-likeness (QED) is 0.851. The zero-order valence-electron chi connectivity index (χ0n) is 13.9. The Morgan fingerprint density at radius 1 is 1.17 bits per heavy atom. The maximum absolute atomic E-state index is 12.6. The first-order valence-electron chi connectivity index (χ1n) is 8.15.